The molecule has 0 aliphatic heterocycles. The fourth-order valence-corrected chi connectivity index (χ4v) is 2.74. The third kappa shape index (κ3) is 4.70. The van der Waals surface area contributed by atoms with E-state index in [4.69, 9.17) is 11.6 Å². The number of esters is 1. The summed E-state index contributed by atoms with van der Waals surface area (Å²) in [5, 5.41) is 11.9. The van der Waals surface area contributed by atoms with Crippen molar-refractivity contribution in [2.75, 3.05) is 11.9 Å². The number of halogens is 4. The molecule has 0 atom stereocenters. The summed E-state index contributed by atoms with van der Waals surface area (Å²) in [6.45, 7) is -0.896. The molecule has 2 rings (SSSR count). The fraction of sp³-hybridized carbons (Fsp3) is 0.143. The van der Waals surface area contributed by atoms with Crippen molar-refractivity contribution in [1.82, 2.24) is 0 Å². The molecule has 1 aromatic carbocycles. The molecule has 0 saturated heterocycles. The van der Waals surface area contributed by atoms with E-state index in [0.717, 1.165) is 30.3 Å². The van der Waals surface area contributed by atoms with Crippen molar-refractivity contribution >= 4 is 45.5 Å². The van der Waals surface area contributed by atoms with Crippen molar-refractivity contribution in [3.05, 3.63) is 55.9 Å². The van der Waals surface area contributed by atoms with Crippen LogP contribution >= 0.6 is 22.9 Å². The third-order valence-corrected chi connectivity index (χ3v) is 4.22. The van der Waals surface area contributed by atoms with Gasteiger partial charge >= 0.3 is 17.1 Å². The van der Waals surface area contributed by atoms with Crippen LogP contribution in [0.4, 0.5) is 23.9 Å². The Morgan fingerprint density at radius 2 is 1.96 bits per heavy atom. The maximum Gasteiger partial charge on any atom is 0.418 e. The predicted octanol–water partition coefficient (Wildman–Crippen LogP) is 4.12. The molecule has 0 aliphatic carbocycles. The average Bonchev–Trinajstić information content (AvgIpc) is 3.04. The lowest BCUT2D eigenvalue weighted by atomic mass is 10.1. The molecule has 138 valence electrons. The SMILES string of the molecule is O=C(COC(=O)c1ccc([N+](=O)[O-])s1)Nc1c(Cl)cccc1C(F)(F)F. The molecule has 0 fully saturated rings. The summed E-state index contributed by atoms with van der Waals surface area (Å²) in [6, 6.07) is 5.19. The van der Waals surface area contributed by atoms with Crippen LogP contribution in [0.2, 0.25) is 5.02 Å². The Labute approximate surface area is 152 Å². The summed E-state index contributed by atoms with van der Waals surface area (Å²) in [5.74, 6) is -2.07. The maximum atomic E-state index is 12.9. The monoisotopic (exact) mass is 408 g/mol. The molecular weight excluding hydrogens is 401 g/mol. The zero-order valence-corrected chi connectivity index (χ0v) is 14.1. The Kier molecular flexibility index (Phi) is 5.83. The lowest BCUT2D eigenvalue weighted by Crippen LogP contribution is -2.22. The largest absolute Gasteiger partial charge is 0.451 e. The van der Waals surface area contributed by atoms with Gasteiger partial charge in [0.2, 0.25) is 0 Å². The van der Waals surface area contributed by atoms with Gasteiger partial charge in [0, 0.05) is 6.07 Å². The maximum absolute atomic E-state index is 12.9. The lowest BCUT2D eigenvalue weighted by Gasteiger charge is -2.15. The Morgan fingerprint density at radius 3 is 2.54 bits per heavy atom. The van der Waals surface area contributed by atoms with Gasteiger partial charge in [-0.2, -0.15) is 13.2 Å². The number of nitro groups is 1. The first-order valence-corrected chi connectivity index (χ1v) is 7.86. The lowest BCUT2D eigenvalue weighted by molar-refractivity contribution is -0.380. The predicted molar refractivity (Wildman–Crippen MR) is 86.3 cm³/mol. The first-order chi connectivity index (χ1) is 12.1. The molecule has 2 aromatic rings. The molecule has 1 aromatic heterocycles. The summed E-state index contributed by atoms with van der Waals surface area (Å²) in [7, 11) is 0. The van der Waals surface area contributed by atoms with E-state index in [1.165, 1.54) is 0 Å². The first-order valence-electron chi connectivity index (χ1n) is 6.66. The highest BCUT2D eigenvalue weighted by Gasteiger charge is 2.34. The van der Waals surface area contributed by atoms with Gasteiger partial charge in [0.1, 0.15) is 4.88 Å². The molecular formula is C14H8ClF3N2O5S. The number of hydrogen-bond acceptors (Lipinski definition) is 6. The number of alkyl halides is 3. The van der Waals surface area contributed by atoms with Crippen LogP contribution in [0.3, 0.4) is 0 Å². The Morgan fingerprint density at radius 1 is 1.27 bits per heavy atom. The number of thiophene rings is 1. The van der Waals surface area contributed by atoms with Crippen LogP contribution < -0.4 is 5.32 Å². The average molecular weight is 409 g/mol. The minimum absolute atomic E-state index is 0.127. The van der Waals surface area contributed by atoms with Crippen LogP contribution in [-0.2, 0) is 15.7 Å². The van der Waals surface area contributed by atoms with E-state index in [0.29, 0.717) is 11.3 Å². The van der Waals surface area contributed by atoms with Crippen LogP contribution in [0.25, 0.3) is 0 Å². The number of carbonyl (C=O) groups is 2. The van der Waals surface area contributed by atoms with E-state index in [-0.39, 0.29) is 14.9 Å². The van der Waals surface area contributed by atoms with Gasteiger partial charge in [-0.1, -0.05) is 29.0 Å². The van der Waals surface area contributed by atoms with Gasteiger partial charge < -0.3 is 10.1 Å². The molecule has 1 heterocycles. The van der Waals surface area contributed by atoms with Gasteiger partial charge in [-0.25, -0.2) is 4.79 Å². The molecule has 0 saturated carbocycles. The molecule has 0 radical (unpaired) electrons. The molecule has 0 bridgehead atoms. The van der Waals surface area contributed by atoms with Crippen LogP contribution in [0.1, 0.15) is 15.2 Å². The molecule has 1 N–H and O–H groups in total. The van der Waals surface area contributed by atoms with Crippen molar-refractivity contribution in [3.8, 4) is 0 Å². The van der Waals surface area contributed by atoms with Crippen LogP contribution in [-0.4, -0.2) is 23.4 Å². The van der Waals surface area contributed by atoms with Gasteiger partial charge in [0.05, 0.1) is 21.2 Å². The second-order valence-electron chi connectivity index (χ2n) is 4.68. The van der Waals surface area contributed by atoms with Crippen molar-refractivity contribution in [2.24, 2.45) is 0 Å². The van der Waals surface area contributed by atoms with Crippen molar-refractivity contribution in [3.63, 3.8) is 0 Å². The zero-order valence-electron chi connectivity index (χ0n) is 12.5. The third-order valence-electron chi connectivity index (χ3n) is 2.89. The summed E-state index contributed by atoms with van der Waals surface area (Å²) in [4.78, 5) is 33.2. The van der Waals surface area contributed by atoms with E-state index in [2.05, 4.69) is 4.74 Å². The number of amides is 1. The van der Waals surface area contributed by atoms with Gasteiger partial charge in [0.15, 0.2) is 6.61 Å². The highest BCUT2D eigenvalue weighted by Crippen LogP contribution is 2.38. The van der Waals surface area contributed by atoms with Crippen molar-refractivity contribution in [2.45, 2.75) is 6.18 Å². The van der Waals surface area contributed by atoms with Crippen LogP contribution in [0.5, 0.6) is 0 Å². The molecule has 12 heteroatoms. The standard InChI is InChI=1S/C14H8ClF3N2O5S/c15-8-3-1-2-7(14(16,17)18)12(8)19-10(21)6-25-13(22)9-4-5-11(26-9)20(23)24/h1-5H,6H2,(H,19,21). The Hall–Kier alpha value is -2.66. The number of para-hydroxylation sites is 1. The molecule has 0 spiro atoms. The van der Waals surface area contributed by atoms with Gasteiger partial charge in [-0.15, -0.1) is 0 Å². The van der Waals surface area contributed by atoms with E-state index in [1.807, 2.05) is 5.32 Å². The molecule has 1 amide bonds. The quantitative estimate of drug-likeness (QED) is 0.455. The number of hydrogen-bond donors (Lipinski definition) is 1. The Balaban J connectivity index is 2.03. The topological polar surface area (TPSA) is 98.5 Å². The zero-order chi connectivity index (χ0) is 19.5. The minimum Gasteiger partial charge on any atom is -0.451 e. The summed E-state index contributed by atoms with van der Waals surface area (Å²) >= 11 is 6.22. The number of anilines is 1. The molecule has 26 heavy (non-hydrogen) atoms. The van der Waals surface area contributed by atoms with E-state index in [1.54, 1.807) is 0 Å². The van der Waals surface area contributed by atoms with Gasteiger partial charge in [-0.3, -0.25) is 14.9 Å². The van der Waals surface area contributed by atoms with Gasteiger partial charge in [0.25, 0.3) is 5.91 Å². The van der Waals surface area contributed by atoms with E-state index >= 15 is 0 Å². The summed E-state index contributed by atoms with van der Waals surface area (Å²) in [5.41, 5.74) is -1.81. The van der Waals surface area contributed by atoms with E-state index < -0.39 is 40.8 Å². The molecule has 0 aliphatic rings. The number of carbonyl (C=O) groups excluding carboxylic acids is 2. The first kappa shape index (κ1) is 19.7. The number of nitrogens with zero attached hydrogens (tertiary/aromatic N) is 1. The number of rotatable bonds is 5. The van der Waals surface area contributed by atoms with Crippen molar-refractivity contribution < 1.29 is 32.4 Å². The number of ether oxygens (including phenoxy) is 1. The van der Waals surface area contributed by atoms with Crippen LogP contribution in [0.15, 0.2) is 30.3 Å². The van der Waals surface area contributed by atoms with Crippen LogP contribution in [0, 0.1) is 10.1 Å². The number of nitrogens with one attached hydrogen (secondary N) is 1. The normalized spacial score (nSPS) is 11.1. The minimum atomic E-state index is -4.75. The van der Waals surface area contributed by atoms with Gasteiger partial charge in [-0.05, 0) is 18.2 Å². The molecule has 0 unspecified atom stereocenters. The fourth-order valence-electron chi connectivity index (χ4n) is 1.80. The highest BCUT2D eigenvalue weighted by molar-refractivity contribution is 7.17. The van der Waals surface area contributed by atoms with E-state index in [9.17, 15) is 32.9 Å². The Bertz CT molecular complexity index is 869. The second kappa shape index (κ2) is 7.70. The highest BCUT2D eigenvalue weighted by atomic mass is 35.5. The molecule has 7 nitrogen and oxygen atoms in total. The summed E-state index contributed by atoms with van der Waals surface area (Å²) < 4.78 is 43.4. The van der Waals surface area contributed by atoms with Crippen molar-refractivity contribution in [1.29, 1.82) is 0 Å². The smallest absolute Gasteiger partial charge is 0.418 e. The second-order valence-corrected chi connectivity index (χ2v) is 6.15. The summed E-state index contributed by atoms with van der Waals surface area (Å²) in [6.07, 6.45) is -4.75. The number of benzene rings is 1.